The number of carbonyl (C=O) groups excluding carboxylic acids is 1. The van der Waals surface area contributed by atoms with Gasteiger partial charge in [0, 0.05) is 6.20 Å². The molecule has 0 amide bonds. The number of carbonyl (C=O) groups is 1. The molecule has 128 valence electrons. The van der Waals surface area contributed by atoms with Crippen molar-refractivity contribution in [3.63, 3.8) is 0 Å². The van der Waals surface area contributed by atoms with E-state index in [2.05, 4.69) is 9.71 Å². The van der Waals surface area contributed by atoms with Crippen molar-refractivity contribution < 1.29 is 22.7 Å². The van der Waals surface area contributed by atoms with E-state index in [-0.39, 0.29) is 28.6 Å². The first-order valence-electron chi connectivity index (χ1n) is 7.18. The lowest BCUT2D eigenvalue weighted by Crippen LogP contribution is -2.16. The molecule has 0 unspecified atom stereocenters. The highest BCUT2D eigenvalue weighted by Crippen LogP contribution is 2.26. The summed E-state index contributed by atoms with van der Waals surface area (Å²) in [5.74, 6) is -0.313. The Morgan fingerprint density at radius 2 is 2.00 bits per heavy atom. The molecule has 1 heterocycles. The molecule has 2 rings (SSSR count). The van der Waals surface area contributed by atoms with E-state index in [1.165, 1.54) is 31.5 Å². The van der Waals surface area contributed by atoms with Gasteiger partial charge in [0.25, 0.3) is 10.0 Å². The predicted molar refractivity (Wildman–Crippen MR) is 88.7 cm³/mol. The zero-order valence-electron chi connectivity index (χ0n) is 13.6. The minimum Gasteiger partial charge on any atom is -0.495 e. The lowest BCUT2D eigenvalue weighted by atomic mass is 10.2. The molecule has 0 saturated heterocycles. The van der Waals surface area contributed by atoms with Gasteiger partial charge in [-0.1, -0.05) is 6.07 Å². The fraction of sp³-hybridized carbons (Fsp3) is 0.250. The van der Waals surface area contributed by atoms with Crippen LogP contribution in [-0.4, -0.2) is 33.1 Å². The van der Waals surface area contributed by atoms with Crippen molar-refractivity contribution >= 4 is 21.8 Å². The van der Waals surface area contributed by atoms with Crippen molar-refractivity contribution in [3.8, 4) is 5.75 Å². The maximum absolute atomic E-state index is 12.6. The molecule has 0 radical (unpaired) electrons. The maximum Gasteiger partial charge on any atom is 0.338 e. The van der Waals surface area contributed by atoms with Crippen molar-refractivity contribution in [2.75, 3.05) is 18.4 Å². The number of hydrogen-bond donors (Lipinski definition) is 1. The standard InChI is InChI=1S/C16H18N2O5S/c1-4-23-16(19)12-7-8-17-15(10-12)18-24(20,21)14-9-11(2)5-6-13(14)22-3/h5-10H,4H2,1-3H3,(H,17,18). The number of pyridine rings is 1. The van der Waals surface area contributed by atoms with Crippen molar-refractivity contribution in [2.24, 2.45) is 0 Å². The second-order valence-corrected chi connectivity index (χ2v) is 6.56. The van der Waals surface area contributed by atoms with Crippen molar-refractivity contribution in [1.82, 2.24) is 4.98 Å². The van der Waals surface area contributed by atoms with Gasteiger partial charge in [0.15, 0.2) is 0 Å². The van der Waals surface area contributed by atoms with Crippen LogP contribution in [-0.2, 0) is 14.8 Å². The lowest BCUT2D eigenvalue weighted by Gasteiger charge is -2.12. The highest BCUT2D eigenvalue weighted by molar-refractivity contribution is 7.92. The number of hydrogen-bond acceptors (Lipinski definition) is 6. The number of nitrogens with zero attached hydrogens (tertiary/aromatic N) is 1. The molecule has 8 heteroatoms. The SMILES string of the molecule is CCOC(=O)c1ccnc(NS(=O)(=O)c2cc(C)ccc2OC)c1. The Morgan fingerprint density at radius 1 is 1.25 bits per heavy atom. The van der Waals surface area contributed by atoms with Gasteiger partial charge in [0.2, 0.25) is 0 Å². The third-order valence-electron chi connectivity index (χ3n) is 3.12. The number of nitrogens with one attached hydrogen (secondary N) is 1. The third kappa shape index (κ3) is 4.02. The van der Waals surface area contributed by atoms with Gasteiger partial charge in [0.05, 0.1) is 19.3 Å². The van der Waals surface area contributed by atoms with E-state index < -0.39 is 16.0 Å². The molecule has 7 nitrogen and oxygen atoms in total. The Hall–Kier alpha value is -2.61. The summed E-state index contributed by atoms with van der Waals surface area (Å²) in [6.45, 7) is 3.69. The smallest absolute Gasteiger partial charge is 0.338 e. The predicted octanol–water partition coefficient (Wildman–Crippen LogP) is 2.38. The average Bonchev–Trinajstić information content (AvgIpc) is 2.55. The number of esters is 1. The van der Waals surface area contributed by atoms with E-state index >= 15 is 0 Å². The van der Waals surface area contributed by atoms with Crippen LogP contribution in [0.2, 0.25) is 0 Å². The molecular formula is C16H18N2O5S. The van der Waals surface area contributed by atoms with E-state index in [9.17, 15) is 13.2 Å². The molecule has 0 fully saturated rings. The van der Waals surface area contributed by atoms with Gasteiger partial charge in [0.1, 0.15) is 16.5 Å². The number of rotatable bonds is 6. The minimum absolute atomic E-state index is 0.00617. The summed E-state index contributed by atoms with van der Waals surface area (Å²) in [6.07, 6.45) is 1.33. The van der Waals surface area contributed by atoms with Crippen LogP contribution >= 0.6 is 0 Å². The Labute approximate surface area is 140 Å². The van der Waals surface area contributed by atoms with E-state index in [0.717, 1.165) is 5.56 Å². The van der Waals surface area contributed by atoms with Crippen LogP contribution in [0.25, 0.3) is 0 Å². The highest BCUT2D eigenvalue weighted by atomic mass is 32.2. The third-order valence-corrected chi connectivity index (χ3v) is 4.49. The number of benzene rings is 1. The number of anilines is 1. The monoisotopic (exact) mass is 350 g/mol. The summed E-state index contributed by atoms with van der Waals surface area (Å²) in [7, 11) is -2.53. The summed E-state index contributed by atoms with van der Waals surface area (Å²) >= 11 is 0. The van der Waals surface area contributed by atoms with Crippen LogP contribution < -0.4 is 9.46 Å². The first kappa shape index (κ1) is 17.7. The fourth-order valence-electron chi connectivity index (χ4n) is 2.01. The Bertz CT molecular complexity index is 849. The molecule has 0 saturated carbocycles. The average molecular weight is 350 g/mol. The molecule has 1 aromatic carbocycles. The lowest BCUT2D eigenvalue weighted by molar-refractivity contribution is 0.0526. The molecule has 24 heavy (non-hydrogen) atoms. The number of ether oxygens (including phenoxy) is 2. The van der Waals surface area contributed by atoms with Crippen LogP contribution in [0, 0.1) is 6.92 Å². The molecule has 0 aliphatic rings. The second kappa shape index (κ2) is 7.31. The first-order chi connectivity index (χ1) is 11.4. The summed E-state index contributed by atoms with van der Waals surface area (Å²) < 4.78 is 37.5. The summed E-state index contributed by atoms with van der Waals surface area (Å²) in [5, 5.41) is 0. The van der Waals surface area contributed by atoms with Gasteiger partial charge < -0.3 is 9.47 Å². The highest BCUT2D eigenvalue weighted by Gasteiger charge is 2.21. The van der Waals surface area contributed by atoms with Crippen LogP contribution in [0.5, 0.6) is 5.75 Å². The largest absolute Gasteiger partial charge is 0.495 e. The zero-order valence-corrected chi connectivity index (χ0v) is 14.4. The van der Waals surface area contributed by atoms with Crippen molar-refractivity contribution in [3.05, 3.63) is 47.7 Å². The second-order valence-electron chi connectivity index (χ2n) is 4.91. The molecule has 0 aliphatic heterocycles. The van der Waals surface area contributed by atoms with Crippen LogP contribution in [0.1, 0.15) is 22.8 Å². The summed E-state index contributed by atoms with van der Waals surface area (Å²) in [4.78, 5) is 15.7. The van der Waals surface area contributed by atoms with Gasteiger partial charge in [-0.15, -0.1) is 0 Å². The van der Waals surface area contributed by atoms with E-state index in [1.54, 1.807) is 26.0 Å². The van der Waals surface area contributed by atoms with Crippen LogP contribution in [0.3, 0.4) is 0 Å². The Kier molecular flexibility index (Phi) is 5.40. The number of methoxy groups -OCH3 is 1. The number of aryl methyl sites for hydroxylation is 1. The molecule has 0 atom stereocenters. The molecular weight excluding hydrogens is 332 g/mol. The maximum atomic E-state index is 12.6. The van der Waals surface area contributed by atoms with Crippen LogP contribution in [0.4, 0.5) is 5.82 Å². The zero-order chi connectivity index (χ0) is 17.7. The topological polar surface area (TPSA) is 94.6 Å². The first-order valence-corrected chi connectivity index (χ1v) is 8.66. The Morgan fingerprint density at radius 3 is 2.67 bits per heavy atom. The van der Waals surface area contributed by atoms with Gasteiger partial charge in [-0.25, -0.2) is 18.2 Å². The number of sulfonamides is 1. The van der Waals surface area contributed by atoms with Gasteiger partial charge >= 0.3 is 5.97 Å². The normalized spacial score (nSPS) is 11.0. The van der Waals surface area contributed by atoms with E-state index in [4.69, 9.17) is 9.47 Å². The van der Waals surface area contributed by atoms with E-state index in [1.807, 2.05) is 0 Å². The van der Waals surface area contributed by atoms with Crippen molar-refractivity contribution in [2.45, 2.75) is 18.7 Å². The molecule has 0 aliphatic carbocycles. The quantitative estimate of drug-likeness (QED) is 0.804. The van der Waals surface area contributed by atoms with Crippen molar-refractivity contribution in [1.29, 1.82) is 0 Å². The van der Waals surface area contributed by atoms with Gasteiger partial charge in [-0.05, 0) is 43.7 Å². The van der Waals surface area contributed by atoms with Gasteiger partial charge in [-0.2, -0.15) is 0 Å². The molecule has 2 aromatic rings. The minimum atomic E-state index is -3.92. The molecule has 0 spiro atoms. The molecule has 1 N–H and O–H groups in total. The van der Waals surface area contributed by atoms with Gasteiger partial charge in [-0.3, -0.25) is 4.72 Å². The van der Waals surface area contributed by atoms with Crippen LogP contribution in [0.15, 0.2) is 41.4 Å². The fourth-order valence-corrected chi connectivity index (χ4v) is 3.27. The summed E-state index contributed by atoms with van der Waals surface area (Å²) in [6, 6.07) is 7.58. The van der Waals surface area contributed by atoms with E-state index in [0.29, 0.717) is 0 Å². The molecule has 0 bridgehead atoms. The summed E-state index contributed by atoms with van der Waals surface area (Å²) in [5.41, 5.74) is 0.977. The Balaban J connectivity index is 2.35. The molecule has 1 aromatic heterocycles. The number of aromatic nitrogens is 1.